The lowest BCUT2D eigenvalue weighted by Crippen LogP contribution is -2.01. The molecule has 1 aliphatic rings. The second-order valence-corrected chi connectivity index (χ2v) is 12.2. The molecule has 0 radical (unpaired) electrons. The van der Waals surface area contributed by atoms with E-state index in [1.54, 1.807) is 0 Å². The van der Waals surface area contributed by atoms with Crippen molar-refractivity contribution < 1.29 is 0 Å². The predicted octanol–water partition coefficient (Wildman–Crippen LogP) is 10.9. The number of allylic oxidation sites excluding steroid dienone is 1. The average molecular weight is 576 g/mol. The molecular formula is C42H29N3. The van der Waals surface area contributed by atoms with E-state index in [0.717, 1.165) is 25.1 Å². The highest BCUT2D eigenvalue weighted by Crippen LogP contribution is 2.48. The molecule has 1 aliphatic heterocycles. The summed E-state index contributed by atoms with van der Waals surface area (Å²) in [5.41, 5.74) is 8.75. The van der Waals surface area contributed by atoms with Gasteiger partial charge in [-0.2, -0.15) is 0 Å². The smallest absolute Gasteiger partial charge is 0.133 e. The van der Waals surface area contributed by atoms with E-state index < -0.39 is 0 Å². The van der Waals surface area contributed by atoms with Crippen LogP contribution in [0.4, 0.5) is 0 Å². The molecule has 3 heteroatoms. The van der Waals surface area contributed by atoms with Crippen LogP contribution in [-0.2, 0) is 6.42 Å². The summed E-state index contributed by atoms with van der Waals surface area (Å²) in [4.78, 5) is 4.93. The van der Waals surface area contributed by atoms with Crippen LogP contribution in [-0.4, -0.2) is 15.3 Å². The van der Waals surface area contributed by atoms with Crippen molar-refractivity contribution in [1.82, 2.24) is 9.13 Å². The molecule has 3 nitrogen and oxygen atoms in total. The fourth-order valence-corrected chi connectivity index (χ4v) is 7.95. The summed E-state index contributed by atoms with van der Waals surface area (Å²) >= 11 is 0. The van der Waals surface area contributed by atoms with Crippen molar-refractivity contribution in [3.8, 4) is 5.69 Å². The van der Waals surface area contributed by atoms with E-state index in [-0.39, 0.29) is 0 Å². The van der Waals surface area contributed by atoms with Gasteiger partial charge in [0.05, 0.1) is 22.1 Å². The normalized spacial score (nSPS) is 13.7. The molecule has 212 valence electrons. The Bertz CT molecular complexity index is 2670. The molecule has 0 unspecified atom stereocenters. The first-order valence-electron chi connectivity index (χ1n) is 15.8. The van der Waals surface area contributed by atoms with Gasteiger partial charge in [0, 0.05) is 33.4 Å². The van der Waals surface area contributed by atoms with Gasteiger partial charge in [-0.15, -0.1) is 0 Å². The van der Waals surface area contributed by atoms with E-state index in [4.69, 9.17) is 4.99 Å². The van der Waals surface area contributed by atoms with Gasteiger partial charge in [-0.1, -0.05) is 97.1 Å². The molecule has 0 amide bonds. The molecule has 0 saturated heterocycles. The van der Waals surface area contributed by atoms with Crippen LogP contribution < -0.4 is 0 Å². The second kappa shape index (κ2) is 9.41. The number of aromatic nitrogens is 2. The summed E-state index contributed by atoms with van der Waals surface area (Å²) in [5, 5.41) is 10.4. The monoisotopic (exact) mass is 575 g/mol. The second-order valence-electron chi connectivity index (χ2n) is 12.2. The molecule has 9 aromatic rings. The minimum atomic E-state index is 0.874. The lowest BCUT2D eigenvalue weighted by molar-refractivity contribution is 1.04. The Morgan fingerprint density at radius 1 is 0.467 bits per heavy atom. The van der Waals surface area contributed by atoms with Crippen molar-refractivity contribution in [3.63, 3.8) is 0 Å². The van der Waals surface area contributed by atoms with Crippen LogP contribution in [0.1, 0.15) is 24.0 Å². The third-order valence-corrected chi connectivity index (χ3v) is 9.76. The van der Waals surface area contributed by atoms with Crippen LogP contribution >= 0.6 is 0 Å². The quantitative estimate of drug-likeness (QED) is 0.199. The number of hydrogen-bond acceptors (Lipinski definition) is 1. The highest BCUT2D eigenvalue weighted by molar-refractivity contribution is 6.39. The van der Waals surface area contributed by atoms with Gasteiger partial charge in [-0.25, -0.2) is 4.99 Å². The molecule has 0 saturated carbocycles. The molecule has 0 spiro atoms. The van der Waals surface area contributed by atoms with Gasteiger partial charge in [-0.05, 0) is 88.3 Å². The lowest BCUT2D eigenvalue weighted by atomic mass is 9.95. The molecule has 7 aromatic carbocycles. The van der Waals surface area contributed by atoms with E-state index in [1.807, 2.05) is 0 Å². The zero-order valence-corrected chi connectivity index (χ0v) is 24.7. The van der Waals surface area contributed by atoms with Crippen LogP contribution in [0, 0.1) is 0 Å². The molecule has 10 rings (SSSR count). The first-order chi connectivity index (χ1) is 22.4. The van der Waals surface area contributed by atoms with Gasteiger partial charge in [0.1, 0.15) is 5.82 Å². The number of aliphatic imine (C=N–C) groups is 1. The van der Waals surface area contributed by atoms with Crippen LogP contribution in [0.25, 0.3) is 76.7 Å². The molecule has 45 heavy (non-hydrogen) atoms. The summed E-state index contributed by atoms with van der Waals surface area (Å²) in [6, 6.07) is 47.0. The Balaban J connectivity index is 1.45. The third-order valence-electron chi connectivity index (χ3n) is 9.76. The van der Waals surface area contributed by atoms with E-state index in [1.165, 1.54) is 82.0 Å². The molecule has 0 aliphatic carbocycles. The first-order valence-corrected chi connectivity index (χ1v) is 15.8. The highest BCUT2D eigenvalue weighted by atomic mass is 15.1. The van der Waals surface area contributed by atoms with Gasteiger partial charge in [0.2, 0.25) is 0 Å². The zero-order chi connectivity index (χ0) is 29.5. The standard InChI is InChI=1S/C42H29N3/c1-2-12-27(13-3-1)26-28-14-4-7-19-33(28)44-34-20-10-17-31-29-15-5-6-16-30(29)32-18-11-21-35-40(32)42-37(24-23-36(44)41(42)39(31)34)45(35)38-22-8-9-25-43-38/h1-7,10-25H,8-9,26H2. The average Bonchev–Trinajstić information content (AvgIpc) is 3.62. The maximum absolute atomic E-state index is 4.93. The van der Waals surface area contributed by atoms with Gasteiger partial charge < -0.3 is 4.57 Å². The Hall–Kier alpha value is -5.67. The number of hydrogen-bond donors (Lipinski definition) is 0. The van der Waals surface area contributed by atoms with Gasteiger partial charge in [0.25, 0.3) is 0 Å². The highest BCUT2D eigenvalue weighted by Gasteiger charge is 2.25. The largest absolute Gasteiger partial charge is 0.309 e. The van der Waals surface area contributed by atoms with Gasteiger partial charge in [0.15, 0.2) is 0 Å². The fourth-order valence-electron chi connectivity index (χ4n) is 7.95. The number of nitrogens with zero attached hydrogens (tertiary/aromatic N) is 3. The molecule has 0 atom stereocenters. The zero-order valence-electron chi connectivity index (χ0n) is 24.7. The number of fused-ring (bicyclic) bond motifs is 3. The van der Waals surface area contributed by atoms with Gasteiger partial charge >= 0.3 is 0 Å². The van der Waals surface area contributed by atoms with Crippen molar-refractivity contribution in [2.75, 3.05) is 0 Å². The van der Waals surface area contributed by atoms with Gasteiger partial charge in [-0.3, -0.25) is 4.57 Å². The maximum Gasteiger partial charge on any atom is 0.133 e. The molecular weight excluding hydrogens is 546 g/mol. The Morgan fingerprint density at radius 2 is 1.04 bits per heavy atom. The summed E-state index contributed by atoms with van der Waals surface area (Å²) in [6.45, 7) is 0. The number of rotatable bonds is 4. The minimum absolute atomic E-state index is 0.874. The number of benzene rings is 6. The molecule has 0 N–H and O–H groups in total. The Kier molecular flexibility index (Phi) is 5.17. The molecule has 2 aromatic heterocycles. The van der Waals surface area contributed by atoms with Crippen LogP contribution in [0.15, 0.2) is 138 Å². The van der Waals surface area contributed by atoms with E-state index in [9.17, 15) is 0 Å². The topological polar surface area (TPSA) is 22.2 Å². The van der Waals surface area contributed by atoms with E-state index in [2.05, 4.69) is 149 Å². The molecule has 0 bridgehead atoms. The summed E-state index contributed by atoms with van der Waals surface area (Å²) in [7, 11) is 0. The summed E-state index contributed by atoms with van der Waals surface area (Å²) in [6.07, 6.45) is 7.22. The number of para-hydroxylation sites is 1. The van der Waals surface area contributed by atoms with Crippen molar-refractivity contribution in [1.29, 1.82) is 0 Å². The summed E-state index contributed by atoms with van der Waals surface area (Å²) < 4.78 is 4.91. The summed E-state index contributed by atoms with van der Waals surface area (Å²) in [5.74, 6) is 1.02. The first kappa shape index (κ1) is 24.7. The SMILES string of the molecule is C1=NC(n2c3cccc4c5ccccc5c5cccc6c5c5c(c43)c2ccc5n6-c2ccccc2Cc2ccccc2)=CCC1. The third kappa shape index (κ3) is 3.44. The minimum Gasteiger partial charge on any atom is -0.309 e. The molecule has 0 fully saturated rings. The van der Waals surface area contributed by atoms with Crippen LogP contribution in [0.5, 0.6) is 0 Å². The van der Waals surface area contributed by atoms with Crippen molar-refractivity contribution in [3.05, 3.63) is 145 Å². The fraction of sp³-hybridized carbons (Fsp3) is 0.0714. The van der Waals surface area contributed by atoms with Crippen LogP contribution in [0.3, 0.4) is 0 Å². The van der Waals surface area contributed by atoms with Crippen molar-refractivity contribution in [2.45, 2.75) is 19.3 Å². The Labute approximate surface area is 260 Å². The lowest BCUT2D eigenvalue weighted by Gasteiger charge is -2.14. The van der Waals surface area contributed by atoms with Crippen molar-refractivity contribution in [2.24, 2.45) is 4.99 Å². The maximum atomic E-state index is 4.93. The van der Waals surface area contributed by atoms with E-state index in [0.29, 0.717) is 0 Å². The van der Waals surface area contributed by atoms with Crippen molar-refractivity contribution >= 4 is 77.2 Å². The molecule has 3 heterocycles. The van der Waals surface area contributed by atoms with E-state index >= 15 is 0 Å². The Morgan fingerprint density at radius 3 is 1.73 bits per heavy atom. The van der Waals surface area contributed by atoms with Crippen LogP contribution in [0.2, 0.25) is 0 Å². The predicted molar refractivity (Wildman–Crippen MR) is 191 cm³/mol.